The minimum atomic E-state index is -4.60. The summed E-state index contributed by atoms with van der Waals surface area (Å²) in [4.78, 5) is 25.5. The molecule has 2 rings (SSSR count). The number of hydrogen-bond donors (Lipinski definition) is 0. The highest BCUT2D eigenvalue weighted by atomic mass is 19.4. The maximum absolute atomic E-state index is 13.2. The van der Waals surface area contributed by atoms with Crippen LogP contribution in [0.15, 0.2) is 42.5 Å². The summed E-state index contributed by atoms with van der Waals surface area (Å²) in [6.07, 6.45) is -5.33. The van der Waals surface area contributed by atoms with E-state index in [9.17, 15) is 22.8 Å². The average Bonchev–Trinajstić information content (AvgIpc) is 2.65. The molecule has 31 heavy (non-hydrogen) atoms. The topological polar surface area (TPSA) is 55.8 Å². The summed E-state index contributed by atoms with van der Waals surface area (Å²) in [5.74, 6) is -0.556. The van der Waals surface area contributed by atoms with Crippen LogP contribution in [0.5, 0.6) is 5.75 Å². The largest absolute Gasteiger partial charge is 0.486 e. The van der Waals surface area contributed by atoms with Crippen molar-refractivity contribution in [2.45, 2.75) is 52.5 Å². The van der Waals surface area contributed by atoms with Gasteiger partial charge in [0, 0.05) is 25.2 Å². The molecule has 8 heteroatoms. The van der Waals surface area contributed by atoms with Gasteiger partial charge < -0.3 is 14.4 Å². The quantitative estimate of drug-likeness (QED) is 0.556. The van der Waals surface area contributed by atoms with Gasteiger partial charge in [-0.15, -0.1) is 0 Å². The van der Waals surface area contributed by atoms with Gasteiger partial charge in [-0.2, -0.15) is 13.2 Å². The zero-order valence-electron chi connectivity index (χ0n) is 18.3. The van der Waals surface area contributed by atoms with E-state index in [4.69, 9.17) is 9.47 Å². The molecule has 168 valence electrons. The number of amides is 1. The number of alkyl halides is 3. The van der Waals surface area contributed by atoms with Crippen molar-refractivity contribution in [2.24, 2.45) is 0 Å². The molecule has 1 unspecified atom stereocenters. The van der Waals surface area contributed by atoms with Crippen molar-refractivity contribution in [3.05, 3.63) is 59.2 Å². The maximum atomic E-state index is 13.2. The predicted molar refractivity (Wildman–Crippen MR) is 111 cm³/mol. The molecule has 0 saturated carbocycles. The monoisotopic (exact) mass is 437 g/mol. The van der Waals surface area contributed by atoms with Gasteiger partial charge in [0.15, 0.2) is 0 Å². The molecule has 5 nitrogen and oxygen atoms in total. The zero-order chi connectivity index (χ0) is 23.6. The van der Waals surface area contributed by atoms with E-state index < -0.39 is 29.4 Å². The third-order valence-corrected chi connectivity index (χ3v) is 4.45. The highest BCUT2D eigenvalue weighted by Gasteiger charge is 2.33. The Hall–Kier alpha value is -3.03. The van der Waals surface area contributed by atoms with Crippen LogP contribution in [-0.2, 0) is 15.7 Å². The Labute approximate surface area is 179 Å². The number of anilines is 1. The first-order valence-electron chi connectivity index (χ1n) is 9.64. The molecule has 0 heterocycles. The van der Waals surface area contributed by atoms with Gasteiger partial charge in [0.25, 0.3) is 0 Å². The molecular formula is C23H26F3NO4. The molecule has 0 aliphatic rings. The van der Waals surface area contributed by atoms with Crippen molar-refractivity contribution in [1.82, 2.24) is 0 Å². The van der Waals surface area contributed by atoms with E-state index in [2.05, 4.69) is 0 Å². The van der Waals surface area contributed by atoms with E-state index in [-0.39, 0.29) is 17.0 Å². The minimum absolute atomic E-state index is 0.131. The van der Waals surface area contributed by atoms with Crippen molar-refractivity contribution in [3.63, 3.8) is 0 Å². The lowest BCUT2D eigenvalue weighted by Crippen LogP contribution is -2.25. The minimum Gasteiger partial charge on any atom is -0.486 e. The summed E-state index contributed by atoms with van der Waals surface area (Å²) in [5.41, 5.74) is -1.08. The summed E-state index contributed by atoms with van der Waals surface area (Å²) in [5, 5.41) is 0. The Kier molecular flexibility index (Phi) is 7.03. The Morgan fingerprint density at radius 2 is 1.58 bits per heavy atom. The highest BCUT2D eigenvalue weighted by Crippen LogP contribution is 2.34. The van der Waals surface area contributed by atoms with Crippen LogP contribution >= 0.6 is 0 Å². The number of hydrogen-bond acceptors (Lipinski definition) is 4. The van der Waals surface area contributed by atoms with Gasteiger partial charge in [-0.25, -0.2) is 4.79 Å². The second-order valence-electron chi connectivity index (χ2n) is 8.13. The average molecular weight is 437 g/mol. The van der Waals surface area contributed by atoms with Gasteiger partial charge in [0.2, 0.25) is 5.91 Å². The van der Waals surface area contributed by atoms with Crippen molar-refractivity contribution >= 4 is 17.6 Å². The molecule has 0 saturated heterocycles. The number of esters is 1. The molecule has 0 aliphatic heterocycles. The molecule has 0 N–H and O–H groups in total. The van der Waals surface area contributed by atoms with Gasteiger partial charge in [-0.1, -0.05) is 6.07 Å². The lowest BCUT2D eigenvalue weighted by Gasteiger charge is -2.23. The summed E-state index contributed by atoms with van der Waals surface area (Å²) in [6, 6.07) is 9.58. The Morgan fingerprint density at radius 1 is 1.00 bits per heavy atom. The number of rotatable bonds is 5. The summed E-state index contributed by atoms with van der Waals surface area (Å²) in [7, 11) is 1.64. The summed E-state index contributed by atoms with van der Waals surface area (Å²) < 4.78 is 50.7. The fraction of sp³-hybridized carbons (Fsp3) is 0.391. The van der Waals surface area contributed by atoms with E-state index in [0.29, 0.717) is 11.4 Å². The normalized spacial score (nSPS) is 12.8. The molecule has 0 radical (unpaired) electrons. The molecule has 0 spiro atoms. The van der Waals surface area contributed by atoms with E-state index in [1.165, 1.54) is 17.9 Å². The summed E-state index contributed by atoms with van der Waals surface area (Å²) >= 11 is 0. The van der Waals surface area contributed by atoms with Crippen LogP contribution in [0.4, 0.5) is 18.9 Å². The summed E-state index contributed by atoms with van der Waals surface area (Å²) in [6.45, 7) is 7.98. The molecule has 2 aromatic rings. The second-order valence-corrected chi connectivity index (χ2v) is 8.13. The molecular weight excluding hydrogens is 411 g/mol. The fourth-order valence-electron chi connectivity index (χ4n) is 2.79. The van der Waals surface area contributed by atoms with Crippen LogP contribution in [0, 0.1) is 0 Å². The van der Waals surface area contributed by atoms with Gasteiger partial charge >= 0.3 is 12.1 Å². The first-order valence-corrected chi connectivity index (χ1v) is 9.64. The molecule has 0 aliphatic carbocycles. The van der Waals surface area contributed by atoms with Gasteiger partial charge in [-0.3, -0.25) is 4.79 Å². The maximum Gasteiger partial charge on any atom is 0.416 e. The third kappa shape index (κ3) is 6.47. The number of benzene rings is 2. The molecule has 0 aromatic heterocycles. The molecule has 1 atom stereocenters. The van der Waals surface area contributed by atoms with Crippen molar-refractivity contribution < 1.29 is 32.2 Å². The predicted octanol–water partition coefficient (Wildman–Crippen LogP) is 5.78. The second kappa shape index (κ2) is 8.99. The smallest absolute Gasteiger partial charge is 0.416 e. The number of halogens is 3. The van der Waals surface area contributed by atoms with E-state index in [0.717, 1.165) is 12.1 Å². The van der Waals surface area contributed by atoms with Gasteiger partial charge in [0.1, 0.15) is 17.5 Å². The van der Waals surface area contributed by atoms with Crippen molar-refractivity contribution in [2.75, 3.05) is 11.9 Å². The molecule has 0 bridgehead atoms. The van der Waals surface area contributed by atoms with Crippen LogP contribution in [0.1, 0.15) is 62.2 Å². The number of nitrogens with zero attached hydrogens (tertiary/aromatic N) is 1. The Balaban J connectivity index is 2.35. The molecule has 2 aromatic carbocycles. The van der Waals surface area contributed by atoms with Crippen LogP contribution in [-0.4, -0.2) is 24.5 Å². The number of carbonyl (C=O) groups excluding carboxylic acids is 2. The first kappa shape index (κ1) is 24.2. The SMILES string of the molecule is CC(=O)N(C)c1ccc(OC(C)c2ccc(C(F)(F)F)cc2C(=O)OC(C)(C)C)cc1. The van der Waals surface area contributed by atoms with E-state index >= 15 is 0 Å². The Morgan fingerprint density at radius 3 is 2.06 bits per heavy atom. The van der Waals surface area contributed by atoms with Crippen LogP contribution < -0.4 is 9.64 Å². The molecule has 0 fully saturated rings. The molecule has 1 amide bonds. The van der Waals surface area contributed by atoms with E-state index in [1.54, 1.807) is 59.0 Å². The van der Waals surface area contributed by atoms with Crippen molar-refractivity contribution in [3.8, 4) is 5.75 Å². The van der Waals surface area contributed by atoms with Crippen LogP contribution in [0.3, 0.4) is 0 Å². The van der Waals surface area contributed by atoms with E-state index in [1.807, 2.05) is 0 Å². The fourth-order valence-corrected chi connectivity index (χ4v) is 2.79. The number of ether oxygens (including phenoxy) is 2. The Bertz CT molecular complexity index is 947. The van der Waals surface area contributed by atoms with Gasteiger partial charge in [-0.05, 0) is 64.1 Å². The number of carbonyl (C=O) groups is 2. The van der Waals surface area contributed by atoms with Crippen LogP contribution in [0.25, 0.3) is 0 Å². The standard InChI is InChI=1S/C23H26F3NO4/c1-14(30-18-10-8-17(9-11-18)27(6)15(2)28)19-12-7-16(23(24,25)26)13-20(19)21(29)31-22(3,4)5/h7-14H,1-6H3. The van der Waals surface area contributed by atoms with Crippen molar-refractivity contribution in [1.29, 1.82) is 0 Å². The first-order chi connectivity index (χ1) is 14.2. The van der Waals surface area contributed by atoms with Crippen LogP contribution in [0.2, 0.25) is 0 Å². The third-order valence-electron chi connectivity index (χ3n) is 4.45. The lowest BCUT2D eigenvalue weighted by molar-refractivity contribution is -0.137. The van der Waals surface area contributed by atoms with Gasteiger partial charge in [0.05, 0.1) is 11.1 Å². The lowest BCUT2D eigenvalue weighted by atomic mass is 9.99. The zero-order valence-corrected chi connectivity index (χ0v) is 18.3. The highest BCUT2D eigenvalue weighted by molar-refractivity contribution is 5.92.